The highest BCUT2D eigenvalue weighted by atomic mass is 16.6. The monoisotopic (exact) mass is 309 g/mol. The summed E-state index contributed by atoms with van der Waals surface area (Å²) in [6.45, 7) is 1.19. The fourth-order valence-electron chi connectivity index (χ4n) is 2.41. The molecule has 0 amide bonds. The standard InChI is InChI=1S/C20H23NO2/c1-22-14-18-9-11-19(12-10-18)20(13-16-7-8-16)21-23-15-17-5-3-2-4-6-17/h2-6,9-13,16,21H,7-8,14-15H2,1H3. The molecule has 23 heavy (non-hydrogen) atoms. The normalized spacial score (nSPS) is 14.7. The summed E-state index contributed by atoms with van der Waals surface area (Å²) in [5.41, 5.74) is 7.66. The van der Waals surface area contributed by atoms with E-state index >= 15 is 0 Å². The minimum Gasteiger partial charge on any atom is -0.380 e. The van der Waals surface area contributed by atoms with Gasteiger partial charge in [0.25, 0.3) is 0 Å². The molecule has 3 nitrogen and oxygen atoms in total. The second kappa shape index (κ2) is 7.95. The largest absolute Gasteiger partial charge is 0.380 e. The Hall–Kier alpha value is -2.10. The number of methoxy groups -OCH3 is 1. The molecule has 0 heterocycles. The summed E-state index contributed by atoms with van der Waals surface area (Å²) < 4.78 is 5.16. The summed E-state index contributed by atoms with van der Waals surface area (Å²) in [5.74, 6) is 0.677. The van der Waals surface area contributed by atoms with Crippen molar-refractivity contribution in [2.75, 3.05) is 7.11 Å². The third-order valence-corrected chi connectivity index (χ3v) is 3.86. The van der Waals surface area contributed by atoms with Crippen molar-refractivity contribution in [3.63, 3.8) is 0 Å². The van der Waals surface area contributed by atoms with Gasteiger partial charge in [0.05, 0.1) is 18.9 Å². The highest BCUT2D eigenvalue weighted by Gasteiger charge is 2.20. The van der Waals surface area contributed by atoms with Crippen LogP contribution in [0.4, 0.5) is 0 Å². The van der Waals surface area contributed by atoms with Crippen molar-refractivity contribution in [1.29, 1.82) is 0 Å². The van der Waals surface area contributed by atoms with Crippen LogP contribution in [0.25, 0.3) is 5.70 Å². The Kier molecular flexibility index (Phi) is 5.46. The fourth-order valence-corrected chi connectivity index (χ4v) is 2.41. The van der Waals surface area contributed by atoms with Gasteiger partial charge in [0.15, 0.2) is 0 Å². The van der Waals surface area contributed by atoms with E-state index in [9.17, 15) is 0 Å². The Morgan fingerprint density at radius 3 is 2.35 bits per heavy atom. The first-order valence-corrected chi connectivity index (χ1v) is 8.07. The Balaban J connectivity index is 1.63. The predicted octanol–water partition coefficient (Wildman–Crippen LogP) is 4.31. The highest BCUT2D eigenvalue weighted by Crippen LogP contribution is 2.32. The molecule has 1 fully saturated rings. The average Bonchev–Trinajstić information content (AvgIpc) is 3.40. The van der Waals surface area contributed by atoms with E-state index in [1.807, 2.05) is 18.2 Å². The van der Waals surface area contributed by atoms with Gasteiger partial charge in [0.1, 0.15) is 0 Å². The Labute approximate surface area is 137 Å². The lowest BCUT2D eigenvalue weighted by atomic mass is 10.1. The van der Waals surface area contributed by atoms with Gasteiger partial charge in [-0.1, -0.05) is 60.7 Å². The molecule has 0 unspecified atom stereocenters. The molecule has 0 radical (unpaired) electrons. The second-order valence-corrected chi connectivity index (χ2v) is 5.92. The van der Waals surface area contributed by atoms with Crippen LogP contribution in [-0.4, -0.2) is 7.11 Å². The maximum absolute atomic E-state index is 5.70. The molecular weight excluding hydrogens is 286 g/mol. The molecule has 1 saturated carbocycles. The zero-order valence-corrected chi connectivity index (χ0v) is 13.5. The first-order chi connectivity index (χ1) is 11.3. The van der Waals surface area contributed by atoms with Crippen molar-refractivity contribution in [3.8, 4) is 0 Å². The van der Waals surface area contributed by atoms with Crippen LogP contribution in [-0.2, 0) is 22.8 Å². The summed E-state index contributed by atoms with van der Waals surface area (Å²) in [4.78, 5) is 5.70. The topological polar surface area (TPSA) is 30.5 Å². The van der Waals surface area contributed by atoms with Crippen LogP contribution in [0.3, 0.4) is 0 Å². The van der Waals surface area contributed by atoms with Gasteiger partial charge in [-0.05, 0) is 35.4 Å². The summed E-state index contributed by atoms with van der Waals surface area (Å²) in [6, 6.07) is 18.6. The summed E-state index contributed by atoms with van der Waals surface area (Å²) >= 11 is 0. The van der Waals surface area contributed by atoms with E-state index in [4.69, 9.17) is 9.57 Å². The van der Waals surface area contributed by atoms with Gasteiger partial charge >= 0.3 is 0 Å². The maximum Gasteiger partial charge on any atom is 0.0996 e. The van der Waals surface area contributed by atoms with E-state index in [0.29, 0.717) is 19.1 Å². The number of rotatable bonds is 8. The van der Waals surface area contributed by atoms with Crippen LogP contribution in [0.1, 0.15) is 29.5 Å². The first kappa shape index (κ1) is 15.8. The van der Waals surface area contributed by atoms with Crippen LogP contribution in [0.2, 0.25) is 0 Å². The van der Waals surface area contributed by atoms with Gasteiger partial charge < -0.3 is 4.74 Å². The fraction of sp³-hybridized carbons (Fsp3) is 0.300. The minimum absolute atomic E-state index is 0.546. The van der Waals surface area contributed by atoms with E-state index in [-0.39, 0.29) is 0 Å². The molecule has 120 valence electrons. The van der Waals surface area contributed by atoms with E-state index in [1.165, 1.54) is 18.4 Å². The average molecular weight is 309 g/mol. The third kappa shape index (κ3) is 4.95. The number of nitrogens with one attached hydrogen (secondary N) is 1. The zero-order valence-electron chi connectivity index (χ0n) is 13.5. The maximum atomic E-state index is 5.70. The van der Waals surface area contributed by atoms with E-state index in [2.05, 4.69) is 48.0 Å². The van der Waals surface area contributed by atoms with Crippen molar-refractivity contribution in [1.82, 2.24) is 5.48 Å². The van der Waals surface area contributed by atoms with Gasteiger partial charge in [0.2, 0.25) is 0 Å². The zero-order chi connectivity index (χ0) is 15.9. The molecule has 0 atom stereocenters. The Morgan fingerprint density at radius 1 is 1.00 bits per heavy atom. The lowest BCUT2D eigenvalue weighted by Gasteiger charge is -2.12. The third-order valence-electron chi connectivity index (χ3n) is 3.86. The molecule has 0 aliphatic heterocycles. The van der Waals surface area contributed by atoms with Gasteiger partial charge in [-0.25, -0.2) is 0 Å². The molecule has 0 saturated heterocycles. The van der Waals surface area contributed by atoms with Crippen molar-refractivity contribution < 1.29 is 9.57 Å². The summed E-state index contributed by atoms with van der Waals surface area (Å²) in [7, 11) is 1.71. The van der Waals surface area contributed by atoms with E-state index in [1.54, 1.807) is 7.11 Å². The number of hydroxylamine groups is 1. The van der Waals surface area contributed by atoms with Crippen LogP contribution >= 0.6 is 0 Å². The predicted molar refractivity (Wildman–Crippen MR) is 92.2 cm³/mol. The lowest BCUT2D eigenvalue weighted by Crippen LogP contribution is -2.13. The number of benzene rings is 2. The Bertz CT molecular complexity index is 630. The van der Waals surface area contributed by atoms with E-state index < -0.39 is 0 Å². The molecule has 0 bridgehead atoms. The second-order valence-electron chi connectivity index (χ2n) is 5.92. The number of hydrogen-bond acceptors (Lipinski definition) is 3. The molecule has 1 aliphatic carbocycles. The molecular formula is C20H23NO2. The van der Waals surface area contributed by atoms with E-state index in [0.717, 1.165) is 16.8 Å². The molecule has 2 aromatic carbocycles. The van der Waals surface area contributed by atoms with Gasteiger partial charge in [-0.3, -0.25) is 10.3 Å². The van der Waals surface area contributed by atoms with Crippen LogP contribution in [0.5, 0.6) is 0 Å². The van der Waals surface area contributed by atoms with Crippen molar-refractivity contribution >= 4 is 5.70 Å². The minimum atomic E-state index is 0.546. The van der Waals surface area contributed by atoms with Crippen LogP contribution in [0.15, 0.2) is 60.7 Å². The van der Waals surface area contributed by atoms with Crippen molar-refractivity contribution in [2.45, 2.75) is 26.1 Å². The smallest absolute Gasteiger partial charge is 0.0996 e. The van der Waals surface area contributed by atoms with Crippen LogP contribution in [0, 0.1) is 5.92 Å². The van der Waals surface area contributed by atoms with Gasteiger partial charge in [-0.15, -0.1) is 0 Å². The lowest BCUT2D eigenvalue weighted by molar-refractivity contribution is 0.0644. The Morgan fingerprint density at radius 2 is 1.70 bits per heavy atom. The SMILES string of the molecule is COCc1ccc(C(=CC2CC2)NOCc2ccccc2)cc1. The van der Waals surface area contributed by atoms with Crippen molar-refractivity contribution in [3.05, 3.63) is 77.4 Å². The summed E-state index contributed by atoms with van der Waals surface area (Å²) in [6.07, 6.45) is 4.81. The van der Waals surface area contributed by atoms with Gasteiger partial charge in [0, 0.05) is 7.11 Å². The highest BCUT2D eigenvalue weighted by molar-refractivity contribution is 5.64. The number of ether oxygens (including phenoxy) is 1. The molecule has 0 spiro atoms. The summed E-state index contributed by atoms with van der Waals surface area (Å²) in [5, 5.41) is 0. The molecule has 0 aromatic heterocycles. The van der Waals surface area contributed by atoms with Gasteiger partial charge in [-0.2, -0.15) is 0 Å². The first-order valence-electron chi connectivity index (χ1n) is 8.07. The number of hydrogen-bond donors (Lipinski definition) is 1. The quantitative estimate of drug-likeness (QED) is 0.737. The van der Waals surface area contributed by atoms with Crippen molar-refractivity contribution in [2.24, 2.45) is 5.92 Å². The molecule has 1 N–H and O–H groups in total. The molecule has 1 aliphatic rings. The molecule has 2 aromatic rings. The molecule has 3 rings (SSSR count). The molecule has 3 heteroatoms. The number of allylic oxidation sites excluding steroid dienone is 1. The van der Waals surface area contributed by atoms with Crippen LogP contribution < -0.4 is 5.48 Å².